The molecule has 0 spiro atoms. The molecular weight excluding hydrogens is 196 g/mol. The summed E-state index contributed by atoms with van der Waals surface area (Å²) in [5, 5.41) is 1.54. The van der Waals surface area contributed by atoms with Crippen molar-refractivity contribution in [2.75, 3.05) is 0 Å². The lowest BCUT2D eigenvalue weighted by atomic mass is 10.0. The van der Waals surface area contributed by atoms with Gasteiger partial charge >= 0.3 is 0 Å². The van der Waals surface area contributed by atoms with Gasteiger partial charge in [0.25, 0.3) is 0 Å². The van der Waals surface area contributed by atoms with Crippen molar-refractivity contribution >= 4 is 13.3 Å². The standard InChI is InChI=1S/C14H18Si/c1-15(2,3)14-10-8-13(9-11-14)12-6-4-5-7-12/h4-12H,1-3H3. The first-order valence-electron chi connectivity index (χ1n) is 5.53. The average Bonchev–Trinajstić information content (AvgIpc) is 2.69. The predicted molar refractivity (Wildman–Crippen MR) is 70.4 cm³/mol. The van der Waals surface area contributed by atoms with Crippen LogP contribution in [0.2, 0.25) is 19.6 Å². The molecule has 1 aliphatic rings. The average molecular weight is 214 g/mol. The first-order chi connectivity index (χ1) is 7.07. The Bertz CT molecular complexity index is 378. The lowest BCUT2D eigenvalue weighted by molar-refractivity contribution is 1.11. The predicted octanol–water partition coefficient (Wildman–Crippen LogP) is 3.44. The van der Waals surface area contributed by atoms with Gasteiger partial charge in [0.2, 0.25) is 0 Å². The van der Waals surface area contributed by atoms with Crippen molar-refractivity contribution in [3.8, 4) is 0 Å². The molecule has 0 saturated heterocycles. The molecule has 0 amide bonds. The fourth-order valence-corrected chi connectivity index (χ4v) is 3.03. The van der Waals surface area contributed by atoms with Crippen LogP contribution >= 0.6 is 0 Å². The van der Waals surface area contributed by atoms with Crippen molar-refractivity contribution in [2.24, 2.45) is 0 Å². The van der Waals surface area contributed by atoms with E-state index in [0.29, 0.717) is 5.92 Å². The summed E-state index contributed by atoms with van der Waals surface area (Å²) < 4.78 is 0. The molecule has 1 aliphatic carbocycles. The van der Waals surface area contributed by atoms with Crippen LogP contribution in [0.1, 0.15) is 11.5 Å². The zero-order chi connectivity index (χ0) is 10.9. The largest absolute Gasteiger partial charge is 0.0775 e. The van der Waals surface area contributed by atoms with E-state index < -0.39 is 8.07 Å². The highest BCUT2D eigenvalue weighted by atomic mass is 28.3. The van der Waals surface area contributed by atoms with E-state index in [-0.39, 0.29) is 0 Å². The molecule has 1 heteroatoms. The van der Waals surface area contributed by atoms with Gasteiger partial charge in [-0.2, -0.15) is 0 Å². The molecule has 2 rings (SSSR count). The molecule has 0 saturated carbocycles. The van der Waals surface area contributed by atoms with E-state index in [4.69, 9.17) is 0 Å². The Morgan fingerprint density at radius 2 is 1.40 bits per heavy atom. The molecule has 0 radical (unpaired) electrons. The number of rotatable bonds is 2. The van der Waals surface area contributed by atoms with E-state index in [2.05, 4.69) is 68.2 Å². The molecule has 0 heterocycles. The summed E-state index contributed by atoms with van der Waals surface area (Å²) in [6.45, 7) is 7.16. The maximum atomic E-state index is 2.39. The van der Waals surface area contributed by atoms with Gasteiger partial charge in [-0.15, -0.1) is 0 Å². The van der Waals surface area contributed by atoms with Gasteiger partial charge < -0.3 is 0 Å². The minimum atomic E-state index is -1.13. The number of hydrogen-bond donors (Lipinski definition) is 0. The van der Waals surface area contributed by atoms with Gasteiger partial charge in [0.05, 0.1) is 8.07 Å². The van der Waals surface area contributed by atoms with Crippen LogP contribution < -0.4 is 5.19 Å². The maximum absolute atomic E-state index is 2.39. The molecule has 0 aromatic heterocycles. The Labute approximate surface area is 93.3 Å². The summed E-state index contributed by atoms with van der Waals surface area (Å²) in [6.07, 6.45) is 8.72. The van der Waals surface area contributed by atoms with E-state index in [1.807, 2.05) is 0 Å². The fourth-order valence-electron chi connectivity index (χ4n) is 1.86. The van der Waals surface area contributed by atoms with Crippen molar-refractivity contribution < 1.29 is 0 Å². The second kappa shape index (κ2) is 3.82. The molecule has 15 heavy (non-hydrogen) atoms. The van der Waals surface area contributed by atoms with Crippen LogP contribution in [-0.4, -0.2) is 8.07 Å². The van der Waals surface area contributed by atoms with Crippen LogP contribution in [0.4, 0.5) is 0 Å². The van der Waals surface area contributed by atoms with Crippen LogP contribution in [0.15, 0.2) is 48.6 Å². The van der Waals surface area contributed by atoms with Crippen LogP contribution in [0.5, 0.6) is 0 Å². The summed E-state index contributed by atoms with van der Waals surface area (Å²) in [6, 6.07) is 9.17. The third-order valence-electron chi connectivity index (χ3n) is 2.91. The molecule has 0 unspecified atom stereocenters. The Kier molecular flexibility index (Phi) is 2.66. The highest BCUT2D eigenvalue weighted by Gasteiger charge is 2.16. The van der Waals surface area contributed by atoms with E-state index in [0.717, 1.165) is 0 Å². The third-order valence-corrected chi connectivity index (χ3v) is 4.97. The second-order valence-corrected chi connectivity index (χ2v) is 10.2. The summed E-state index contributed by atoms with van der Waals surface area (Å²) in [7, 11) is -1.13. The molecule has 1 aromatic carbocycles. The van der Waals surface area contributed by atoms with Gasteiger partial charge in [-0.05, 0) is 5.56 Å². The molecule has 78 valence electrons. The van der Waals surface area contributed by atoms with Crippen molar-refractivity contribution in [1.29, 1.82) is 0 Å². The minimum absolute atomic E-state index is 0.501. The third kappa shape index (κ3) is 2.29. The smallest absolute Gasteiger partial charge is 0.0732 e. The lowest BCUT2D eigenvalue weighted by Crippen LogP contribution is -2.37. The van der Waals surface area contributed by atoms with Crippen molar-refractivity contribution in [3.05, 3.63) is 54.1 Å². The monoisotopic (exact) mass is 214 g/mol. The summed E-state index contributed by atoms with van der Waals surface area (Å²) in [5.41, 5.74) is 1.40. The van der Waals surface area contributed by atoms with Crippen molar-refractivity contribution in [2.45, 2.75) is 25.6 Å². The maximum Gasteiger partial charge on any atom is 0.0775 e. The van der Waals surface area contributed by atoms with Gasteiger partial charge in [-0.3, -0.25) is 0 Å². The van der Waals surface area contributed by atoms with E-state index >= 15 is 0 Å². The Morgan fingerprint density at radius 3 is 1.87 bits per heavy atom. The Morgan fingerprint density at radius 1 is 0.867 bits per heavy atom. The van der Waals surface area contributed by atoms with Crippen LogP contribution in [0.25, 0.3) is 0 Å². The zero-order valence-corrected chi connectivity index (χ0v) is 10.7. The first kappa shape index (κ1) is 10.4. The molecule has 0 aliphatic heterocycles. The summed E-state index contributed by atoms with van der Waals surface area (Å²) in [5.74, 6) is 0.501. The molecule has 0 atom stereocenters. The molecule has 0 N–H and O–H groups in total. The molecule has 1 aromatic rings. The second-order valence-electron chi connectivity index (χ2n) is 5.17. The highest BCUT2D eigenvalue weighted by molar-refractivity contribution is 6.88. The highest BCUT2D eigenvalue weighted by Crippen LogP contribution is 2.22. The van der Waals surface area contributed by atoms with E-state index in [1.54, 1.807) is 0 Å². The number of allylic oxidation sites excluding steroid dienone is 4. The van der Waals surface area contributed by atoms with E-state index in [9.17, 15) is 0 Å². The van der Waals surface area contributed by atoms with Gasteiger partial charge in [-0.1, -0.05) is 73.4 Å². The van der Waals surface area contributed by atoms with Crippen molar-refractivity contribution in [1.82, 2.24) is 0 Å². The van der Waals surface area contributed by atoms with Gasteiger partial charge in [0, 0.05) is 5.92 Å². The summed E-state index contributed by atoms with van der Waals surface area (Å²) in [4.78, 5) is 0. The molecule has 0 nitrogen and oxygen atoms in total. The van der Waals surface area contributed by atoms with Crippen LogP contribution in [0, 0.1) is 0 Å². The zero-order valence-electron chi connectivity index (χ0n) is 9.70. The first-order valence-corrected chi connectivity index (χ1v) is 9.03. The number of benzene rings is 1. The minimum Gasteiger partial charge on any atom is -0.0732 e. The quantitative estimate of drug-likeness (QED) is 0.662. The molecule has 0 fully saturated rings. The van der Waals surface area contributed by atoms with Crippen LogP contribution in [-0.2, 0) is 0 Å². The Hall–Kier alpha value is -1.08. The molecular formula is C14H18Si. The van der Waals surface area contributed by atoms with Gasteiger partial charge in [0.1, 0.15) is 0 Å². The van der Waals surface area contributed by atoms with Gasteiger partial charge in [0.15, 0.2) is 0 Å². The fraction of sp³-hybridized carbons (Fsp3) is 0.286. The SMILES string of the molecule is C[Si](C)(C)c1ccc(C2C=CC=C2)cc1. The Balaban J connectivity index is 2.24. The van der Waals surface area contributed by atoms with Gasteiger partial charge in [-0.25, -0.2) is 0 Å². The number of hydrogen-bond acceptors (Lipinski definition) is 0. The van der Waals surface area contributed by atoms with Crippen LogP contribution in [0.3, 0.4) is 0 Å². The van der Waals surface area contributed by atoms with Crippen molar-refractivity contribution in [3.63, 3.8) is 0 Å². The summed E-state index contributed by atoms with van der Waals surface area (Å²) >= 11 is 0. The topological polar surface area (TPSA) is 0 Å². The van der Waals surface area contributed by atoms with E-state index in [1.165, 1.54) is 10.8 Å². The lowest BCUT2D eigenvalue weighted by Gasteiger charge is -2.17. The normalized spacial score (nSPS) is 16.2. The molecule has 0 bridgehead atoms.